The maximum Gasteiger partial charge on any atom is 0.262 e. The molecule has 0 radical (unpaired) electrons. The van der Waals surface area contributed by atoms with Crippen LogP contribution in [0.5, 0.6) is 0 Å². The van der Waals surface area contributed by atoms with Gasteiger partial charge in [0.2, 0.25) is 0 Å². The average molecular weight is 342 g/mol. The van der Waals surface area contributed by atoms with Crippen molar-refractivity contribution < 1.29 is 4.39 Å². The van der Waals surface area contributed by atoms with E-state index in [2.05, 4.69) is 11.9 Å². The second-order valence-electron chi connectivity index (χ2n) is 5.76. The standard InChI is InChI=1S/C19H19FN2OS/c1-3-13(2)22-18(23)16-6-4-5-7-17(16)21-19(22)24-12-14-8-10-15(20)11-9-14/h4-11,13H,3,12H2,1-2H3. The topological polar surface area (TPSA) is 34.9 Å². The van der Waals surface area contributed by atoms with Crippen molar-refractivity contribution in [3.63, 3.8) is 0 Å². The number of benzene rings is 2. The Hall–Kier alpha value is -2.14. The molecule has 5 heteroatoms. The molecule has 0 saturated carbocycles. The molecule has 1 heterocycles. The lowest BCUT2D eigenvalue weighted by molar-refractivity contribution is 0.468. The van der Waals surface area contributed by atoms with E-state index in [0.717, 1.165) is 12.0 Å². The van der Waals surface area contributed by atoms with Crippen LogP contribution in [0, 0.1) is 5.82 Å². The van der Waals surface area contributed by atoms with Crippen molar-refractivity contribution in [1.29, 1.82) is 0 Å². The van der Waals surface area contributed by atoms with Crippen molar-refractivity contribution in [2.45, 2.75) is 37.2 Å². The van der Waals surface area contributed by atoms with E-state index in [0.29, 0.717) is 21.8 Å². The van der Waals surface area contributed by atoms with E-state index in [1.165, 1.54) is 23.9 Å². The van der Waals surface area contributed by atoms with Gasteiger partial charge < -0.3 is 0 Å². The van der Waals surface area contributed by atoms with Gasteiger partial charge in [-0.3, -0.25) is 9.36 Å². The summed E-state index contributed by atoms with van der Waals surface area (Å²) in [5, 5.41) is 1.35. The van der Waals surface area contributed by atoms with Crippen molar-refractivity contribution in [3.8, 4) is 0 Å². The molecule has 0 bridgehead atoms. The fourth-order valence-corrected chi connectivity index (χ4v) is 3.58. The van der Waals surface area contributed by atoms with E-state index < -0.39 is 0 Å². The van der Waals surface area contributed by atoms with Crippen molar-refractivity contribution in [3.05, 3.63) is 70.3 Å². The van der Waals surface area contributed by atoms with Crippen LogP contribution >= 0.6 is 11.8 Å². The Kier molecular flexibility index (Phi) is 5.00. The fraction of sp³-hybridized carbons (Fsp3) is 0.263. The summed E-state index contributed by atoms with van der Waals surface area (Å²) in [6.07, 6.45) is 0.851. The summed E-state index contributed by atoms with van der Waals surface area (Å²) in [5.74, 6) is 0.394. The van der Waals surface area contributed by atoms with Gasteiger partial charge in [-0.1, -0.05) is 43.0 Å². The Morgan fingerprint density at radius 1 is 1.17 bits per heavy atom. The van der Waals surface area contributed by atoms with Crippen molar-refractivity contribution in [2.75, 3.05) is 0 Å². The molecule has 0 fully saturated rings. The molecule has 0 saturated heterocycles. The Morgan fingerprint density at radius 2 is 1.88 bits per heavy atom. The largest absolute Gasteiger partial charge is 0.284 e. The first-order valence-corrected chi connectivity index (χ1v) is 8.97. The summed E-state index contributed by atoms with van der Waals surface area (Å²) in [6, 6.07) is 13.9. The van der Waals surface area contributed by atoms with Crippen molar-refractivity contribution >= 4 is 22.7 Å². The molecular weight excluding hydrogens is 323 g/mol. The van der Waals surface area contributed by atoms with Crippen LogP contribution in [0.15, 0.2) is 58.5 Å². The molecule has 2 aromatic carbocycles. The quantitative estimate of drug-likeness (QED) is 0.493. The maximum atomic E-state index is 13.0. The number of hydrogen-bond donors (Lipinski definition) is 0. The highest BCUT2D eigenvalue weighted by atomic mass is 32.2. The molecular formula is C19H19FN2OS. The molecule has 1 atom stereocenters. The number of thioether (sulfide) groups is 1. The van der Waals surface area contributed by atoms with Crippen LogP contribution in [0.1, 0.15) is 31.9 Å². The smallest absolute Gasteiger partial charge is 0.262 e. The number of halogens is 1. The number of rotatable bonds is 5. The van der Waals surface area contributed by atoms with Crippen LogP contribution in [0.25, 0.3) is 10.9 Å². The maximum absolute atomic E-state index is 13.0. The van der Waals surface area contributed by atoms with E-state index in [1.54, 1.807) is 16.7 Å². The van der Waals surface area contributed by atoms with E-state index in [4.69, 9.17) is 0 Å². The summed E-state index contributed by atoms with van der Waals surface area (Å²) < 4.78 is 14.8. The van der Waals surface area contributed by atoms with Gasteiger partial charge in [0.1, 0.15) is 5.82 Å². The molecule has 3 aromatic rings. The van der Waals surface area contributed by atoms with Crippen LogP contribution in [0.4, 0.5) is 4.39 Å². The number of aromatic nitrogens is 2. The van der Waals surface area contributed by atoms with Gasteiger partial charge in [0.05, 0.1) is 10.9 Å². The fourth-order valence-electron chi connectivity index (χ4n) is 2.53. The van der Waals surface area contributed by atoms with Gasteiger partial charge in [-0.05, 0) is 43.2 Å². The van der Waals surface area contributed by atoms with Gasteiger partial charge in [-0.2, -0.15) is 0 Å². The van der Waals surface area contributed by atoms with Gasteiger partial charge in [0.25, 0.3) is 5.56 Å². The third kappa shape index (κ3) is 3.36. The van der Waals surface area contributed by atoms with Crippen LogP contribution in [0.2, 0.25) is 0 Å². The average Bonchev–Trinajstić information content (AvgIpc) is 2.61. The van der Waals surface area contributed by atoms with Crippen molar-refractivity contribution in [1.82, 2.24) is 9.55 Å². The Morgan fingerprint density at radius 3 is 2.58 bits per heavy atom. The lowest BCUT2D eigenvalue weighted by Crippen LogP contribution is -2.26. The Balaban J connectivity index is 2.01. The monoisotopic (exact) mass is 342 g/mol. The predicted octanol–water partition coefficient (Wildman–Crippen LogP) is 4.80. The molecule has 1 aromatic heterocycles. The summed E-state index contributed by atoms with van der Waals surface area (Å²) >= 11 is 1.51. The minimum Gasteiger partial charge on any atom is -0.284 e. The molecule has 0 amide bonds. The second-order valence-corrected chi connectivity index (χ2v) is 6.70. The van der Waals surface area contributed by atoms with E-state index in [9.17, 15) is 9.18 Å². The van der Waals surface area contributed by atoms with E-state index in [1.807, 2.05) is 31.2 Å². The first kappa shape index (κ1) is 16.7. The Labute approximate surface area is 144 Å². The van der Waals surface area contributed by atoms with Gasteiger partial charge >= 0.3 is 0 Å². The number of hydrogen-bond acceptors (Lipinski definition) is 3. The summed E-state index contributed by atoms with van der Waals surface area (Å²) in [4.78, 5) is 17.6. The van der Waals surface area contributed by atoms with Gasteiger partial charge in [-0.15, -0.1) is 0 Å². The molecule has 0 N–H and O–H groups in total. The highest BCUT2D eigenvalue weighted by molar-refractivity contribution is 7.98. The number of fused-ring (bicyclic) bond motifs is 1. The first-order valence-electron chi connectivity index (χ1n) is 7.98. The highest BCUT2D eigenvalue weighted by Crippen LogP contribution is 2.25. The molecule has 0 aliphatic carbocycles. The predicted molar refractivity (Wildman–Crippen MR) is 97.0 cm³/mol. The number of nitrogens with zero attached hydrogens (tertiary/aromatic N) is 2. The third-order valence-electron chi connectivity index (χ3n) is 4.09. The highest BCUT2D eigenvalue weighted by Gasteiger charge is 2.15. The molecule has 0 spiro atoms. The van der Waals surface area contributed by atoms with E-state index >= 15 is 0 Å². The zero-order valence-corrected chi connectivity index (χ0v) is 14.5. The second kappa shape index (κ2) is 7.18. The lowest BCUT2D eigenvalue weighted by Gasteiger charge is -2.18. The SMILES string of the molecule is CCC(C)n1c(SCc2ccc(F)cc2)nc2ccccc2c1=O. The molecule has 3 rings (SSSR count). The van der Waals surface area contributed by atoms with Crippen molar-refractivity contribution in [2.24, 2.45) is 0 Å². The van der Waals surface area contributed by atoms with Crippen LogP contribution in [0.3, 0.4) is 0 Å². The first-order chi connectivity index (χ1) is 11.6. The van der Waals surface area contributed by atoms with Crippen LogP contribution < -0.4 is 5.56 Å². The molecule has 124 valence electrons. The zero-order valence-electron chi connectivity index (χ0n) is 13.7. The zero-order chi connectivity index (χ0) is 17.1. The van der Waals surface area contributed by atoms with Gasteiger partial charge in [-0.25, -0.2) is 9.37 Å². The summed E-state index contributed by atoms with van der Waals surface area (Å²) in [5.41, 5.74) is 1.71. The van der Waals surface area contributed by atoms with Gasteiger partial charge in [0, 0.05) is 11.8 Å². The summed E-state index contributed by atoms with van der Waals surface area (Å²) in [6.45, 7) is 4.08. The summed E-state index contributed by atoms with van der Waals surface area (Å²) in [7, 11) is 0. The van der Waals surface area contributed by atoms with E-state index in [-0.39, 0.29) is 17.4 Å². The third-order valence-corrected chi connectivity index (χ3v) is 5.11. The molecule has 0 aliphatic heterocycles. The Bertz CT molecular complexity index is 905. The lowest BCUT2D eigenvalue weighted by atomic mass is 10.2. The van der Waals surface area contributed by atoms with Gasteiger partial charge in [0.15, 0.2) is 5.16 Å². The number of para-hydroxylation sites is 1. The molecule has 24 heavy (non-hydrogen) atoms. The minimum atomic E-state index is -0.246. The normalized spacial score (nSPS) is 12.5. The van der Waals surface area contributed by atoms with Crippen LogP contribution in [-0.2, 0) is 5.75 Å². The molecule has 1 unspecified atom stereocenters. The van der Waals surface area contributed by atoms with Crippen LogP contribution in [-0.4, -0.2) is 9.55 Å². The molecule has 0 aliphatic rings. The minimum absolute atomic E-state index is 0.00319. The molecule has 3 nitrogen and oxygen atoms in total.